The molecule has 0 atom stereocenters. The highest BCUT2D eigenvalue weighted by molar-refractivity contribution is 6.33. The van der Waals surface area contributed by atoms with Crippen molar-refractivity contribution in [1.82, 2.24) is 24.8 Å². The fourth-order valence-electron chi connectivity index (χ4n) is 2.86. The van der Waals surface area contributed by atoms with E-state index >= 15 is 0 Å². The average molecular weight is 421 g/mol. The zero-order chi connectivity index (χ0) is 20.5. The van der Waals surface area contributed by atoms with Gasteiger partial charge in [0.2, 0.25) is 5.89 Å². The molecule has 0 bridgehead atoms. The lowest BCUT2D eigenvalue weighted by atomic mass is 10.2. The minimum atomic E-state index is -4.54. The maximum atomic E-state index is 12.5. The van der Waals surface area contributed by atoms with Gasteiger partial charge in [-0.25, -0.2) is 4.68 Å². The second-order valence-corrected chi connectivity index (χ2v) is 7.26. The lowest BCUT2D eigenvalue weighted by Gasteiger charge is -2.35. The van der Waals surface area contributed by atoms with Crippen molar-refractivity contribution >= 4 is 17.3 Å². The predicted octanol–water partition coefficient (Wildman–Crippen LogP) is 2.29. The molecule has 0 amide bonds. The Morgan fingerprint density at radius 1 is 1.25 bits per heavy atom. The van der Waals surface area contributed by atoms with Gasteiger partial charge in [-0.1, -0.05) is 30.6 Å². The van der Waals surface area contributed by atoms with Crippen LogP contribution in [0.2, 0.25) is 5.02 Å². The van der Waals surface area contributed by atoms with Gasteiger partial charge in [-0.15, -0.1) is 0 Å². The minimum Gasteiger partial charge on any atom is -0.366 e. The van der Waals surface area contributed by atoms with Crippen molar-refractivity contribution in [2.75, 3.05) is 31.1 Å². The molecule has 3 heterocycles. The van der Waals surface area contributed by atoms with Gasteiger partial charge in [-0.3, -0.25) is 9.69 Å². The van der Waals surface area contributed by atoms with Crippen LogP contribution in [-0.2, 0) is 13.1 Å². The third kappa shape index (κ3) is 4.82. The summed E-state index contributed by atoms with van der Waals surface area (Å²) < 4.78 is 43.1. The molecule has 154 valence electrons. The number of nitrogens with zero attached hydrogens (tertiary/aromatic N) is 6. The normalized spacial score (nSPS) is 16.2. The molecule has 1 fully saturated rings. The van der Waals surface area contributed by atoms with Crippen LogP contribution in [0.5, 0.6) is 0 Å². The Labute approximate surface area is 163 Å². The molecule has 0 aromatic carbocycles. The van der Waals surface area contributed by atoms with E-state index in [-0.39, 0.29) is 10.9 Å². The zero-order valence-corrected chi connectivity index (χ0v) is 16.2. The van der Waals surface area contributed by atoms with E-state index in [9.17, 15) is 18.0 Å². The van der Waals surface area contributed by atoms with Crippen molar-refractivity contribution in [3.8, 4) is 0 Å². The summed E-state index contributed by atoms with van der Waals surface area (Å²) in [6.07, 6.45) is -3.34. The smallest absolute Gasteiger partial charge is 0.366 e. The van der Waals surface area contributed by atoms with Crippen molar-refractivity contribution in [2.45, 2.75) is 39.0 Å². The summed E-state index contributed by atoms with van der Waals surface area (Å²) in [5, 5.41) is 7.29. The maximum absolute atomic E-state index is 12.5. The van der Waals surface area contributed by atoms with Crippen LogP contribution in [0.25, 0.3) is 0 Å². The van der Waals surface area contributed by atoms with Gasteiger partial charge >= 0.3 is 6.18 Å². The van der Waals surface area contributed by atoms with E-state index in [0.717, 1.165) is 0 Å². The summed E-state index contributed by atoms with van der Waals surface area (Å²) in [5.41, 5.74) is -0.615. The molecule has 1 aliphatic rings. The molecule has 12 heteroatoms. The Bertz CT molecular complexity index is 874. The van der Waals surface area contributed by atoms with Crippen LogP contribution in [0, 0.1) is 0 Å². The molecule has 0 spiro atoms. The van der Waals surface area contributed by atoms with Crippen LogP contribution in [-0.4, -0.2) is 57.2 Å². The summed E-state index contributed by atoms with van der Waals surface area (Å²) in [7, 11) is 0. The number of aromatic nitrogens is 4. The Morgan fingerprint density at radius 2 is 1.93 bits per heavy atom. The number of halogens is 4. The van der Waals surface area contributed by atoms with Crippen LogP contribution in [0.15, 0.2) is 15.5 Å². The third-order valence-electron chi connectivity index (χ3n) is 4.37. The molecular weight excluding hydrogens is 401 g/mol. The molecule has 2 aromatic heterocycles. The molecule has 0 aliphatic carbocycles. The number of anilines is 1. The van der Waals surface area contributed by atoms with Crippen LogP contribution >= 0.6 is 11.6 Å². The highest BCUT2D eigenvalue weighted by Gasteiger charge is 2.30. The van der Waals surface area contributed by atoms with Gasteiger partial charge in [0.15, 0.2) is 5.82 Å². The zero-order valence-electron chi connectivity index (χ0n) is 15.4. The number of hydrogen-bond donors (Lipinski definition) is 0. The van der Waals surface area contributed by atoms with Crippen LogP contribution in [0.3, 0.4) is 0 Å². The average Bonchev–Trinajstić information content (AvgIpc) is 3.08. The summed E-state index contributed by atoms with van der Waals surface area (Å²) in [6.45, 7) is 5.35. The van der Waals surface area contributed by atoms with Crippen LogP contribution < -0.4 is 10.5 Å². The van der Waals surface area contributed by atoms with Gasteiger partial charge < -0.3 is 9.42 Å². The molecule has 0 radical (unpaired) electrons. The molecule has 1 saturated heterocycles. The molecule has 0 N–H and O–H groups in total. The summed E-state index contributed by atoms with van der Waals surface area (Å²) >= 11 is 6.03. The number of rotatable bonds is 5. The fourth-order valence-corrected chi connectivity index (χ4v) is 3.13. The molecule has 8 nitrogen and oxygen atoms in total. The van der Waals surface area contributed by atoms with Crippen LogP contribution in [0.4, 0.5) is 18.9 Å². The Hall–Kier alpha value is -2.14. The number of alkyl halides is 3. The van der Waals surface area contributed by atoms with Gasteiger partial charge in [0, 0.05) is 32.1 Å². The minimum absolute atomic E-state index is 0.184. The lowest BCUT2D eigenvalue weighted by Crippen LogP contribution is -2.46. The monoisotopic (exact) mass is 420 g/mol. The van der Waals surface area contributed by atoms with Crippen molar-refractivity contribution in [3.63, 3.8) is 0 Å². The Morgan fingerprint density at radius 3 is 2.50 bits per heavy atom. The second kappa shape index (κ2) is 8.08. The maximum Gasteiger partial charge on any atom is 0.408 e. The van der Waals surface area contributed by atoms with Gasteiger partial charge in [0.05, 0.1) is 18.4 Å². The van der Waals surface area contributed by atoms with Crippen LogP contribution in [0.1, 0.15) is 31.5 Å². The van der Waals surface area contributed by atoms with Gasteiger partial charge in [-0.2, -0.15) is 23.3 Å². The van der Waals surface area contributed by atoms with Crippen molar-refractivity contribution in [3.05, 3.63) is 33.3 Å². The first-order chi connectivity index (χ1) is 13.1. The quantitative estimate of drug-likeness (QED) is 0.734. The lowest BCUT2D eigenvalue weighted by molar-refractivity contribution is -0.143. The summed E-state index contributed by atoms with van der Waals surface area (Å²) in [5.74, 6) is 1.38. The van der Waals surface area contributed by atoms with Crippen molar-refractivity contribution < 1.29 is 17.7 Å². The molecule has 0 unspecified atom stereocenters. The third-order valence-corrected chi connectivity index (χ3v) is 4.72. The first kappa shape index (κ1) is 20.6. The highest BCUT2D eigenvalue weighted by atomic mass is 35.5. The molecule has 3 rings (SSSR count). The number of piperazine rings is 1. The first-order valence-corrected chi connectivity index (χ1v) is 9.14. The first-order valence-electron chi connectivity index (χ1n) is 8.76. The van der Waals surface area contributed by atoms with E-state index in [1.165, 1.54) is 6.20 Å². The van der Waals surface area contributed by atoms with Gasteiger partial charge in [-0.05, 0) is 0 Å². The molecule has 1 aliphatic heterocycles. The Balaban J connectivity index is 1.63. The molecule has 0 saturated carbocycles. The highest BCUT2D eigenvalue weighted by Crippen LogP contribution is 2.24. The topological polar surface area (TPSA) is 80.3 Å². The second-order valence-electron chi connectivity index (χ2n) is 6.89. The van der Waals surface area contributed by atoms with E-state index in [0.29, 0.717) is 54.8 Å². The summed E-state index contributed by atoms with van der Waals surface area (Å²) in [4.78, 5) is 20.4. The van der Waals surface area contributed by atoms with E-state index in [4.69, 9.17) is 16.1 Å². The largest absolute Gasteiger partial charge is 0.408 e. The Kier molecular flexibility index (Phi) is 5.94. The van der Waals surface area contributed by atoms with Gasteiger partial charge in [0.25, 0.3) is 5.56 Å². The van der Waals surface area contributed by atoms with Crippen molar-refractivity contribution in [2.24, 2.45) is 0 Å². The van der Waals surface area contributed by atoms with Gasteiger partial charge in [0.1, 0.15) is 11.6 Å². The predicted molar refractivity (Wildman–Crippen MR) is 95.4 cm³/mol. The SMILES string of the molecule is CC(C)c1noc(CN2CCN(c3cnn(CC(F)(F)F)c(=O)c3Cl)CC2)n1. The molecular formula is C16H20ClF3N6O2. The van der Waals surface area contributed by atoms with E-state index < -0.39 is 18.3 Å². The van der Waals surface area contributed by atoms with E-state index in [1.807, 2.05) is 18.7 Å². The number of hydrogen-bond acceptors (Lipinski definition) is 7. The van der Waals surface area contributed by atoms with E-state index in [1.54, 1.807) is 0 Å². The van der Waals surface area contributed by atoms with Crippen molar-refractivity contribution in [1.29, 1.82) is 0 Å². The fraction of sp³-hybridized carbons (Fsp3) is 0.625. The van der Waals surface area contributed by atoms with E-state index in [2.05, 4.69) is 20.1 Å². The molecule has 28 heavy (non-hydrogen) atoms. The molecule has 2 aromatic rings. The standard InChI is InChI=1S/C16H20ClF3N6O2/c1-10(2)14-22-12(28-23-14)8-24-3-5-25(6-4-24)11-7-21-26(9-16(18,19)20)15(27)13(11)17/h7,10H,3-6,8-9H2,1-2H3. The summed E-state index contributed by atoms with van der Waals surface area (Å²) in [6, 6.07) is 0.